The van der Waals surface area contributed by atoms with Gasteiger partial charge in [-0.2, -0.15) is 0 Å². The molecule has 8 heterocycles. The van der Waals surface area contributed by atoms with Crippen LogP contribution in [-0.2, 0) is 22.5 Å². The molecule has 0 unspecified atom stereocenters. The zero-order chi connectivity index (χ0) is 27.5. The molecule has 0 aliphatic carbocycles. The minimum absolute atomic E-state index is 0.0116. The van der Waals surface area contributed by atoms with Crippen molar-refractivity contribution in [2.45, 2.75) is 82.0 Å². The fourth-order valence-corrected chi connectivity index (χ4v) is 7.54. The molecule has 1 amide bonds. The van der Waals surface area contributed by atoms with Crippen molar-refractivity contribution in [1.29, 1.82) is 0 Å². The summed E-state index contributed by atoms with van der Waals surface area (Å²) in [5, 5.41) is 4.39. The van der Waals surface area contributed by atoms with E-state index in [1.165, 1.54) is 32.1 Å². The van der Waals surface area contributed by atoms with Crippen molar-refractivity contribution < 1.29 is 9.53 Å². The van der Waals surface area contributed by atoms with Crippen LogP contribution < -0.4 is 10.2 Å². The number of nitrogens with zero attached hydrogens (tertiary/aromatic N) is 7. The summed E-state index contributed by atoms with van der Waals surface area (Å²) >= 11 is 0. The molecule has 10 heteroatoms. The molecule has 4 saturated heterocycles. The van der Waals surface area contributed by atoms with Gasteiger partial charge in [0.2, 0.25) is 11.9 Å². The van der Waals surface area contributed by atoms with Crippen molar-refractivity contribution in [2.24, 2.45) is 0 Å². The number of rotatable bonds is 5. The van der Waals surface area contributed by atoms with Crippen LogP contribution in [0.15, 0.2) is 24.4 Å². The normalized spacial score (nSPS) is 26.3. The first kappa shape index (κ1) is 25.3. The number of amides is 1. The minimum Gasteiger partial charge on any atom is -0.380 e. The standard InChI is InChI=1S/C31H38N8O2/c1-37-12-3-2-4-26(37)30(40)38-13-11-24-19(16-38)5-10-27(33-24)35-31-32-15-20-14-25(21-17-41-18-21)34-29(28(20)36-31)39-22-6-7-23(39)9-8-22/h5,10,14-15,21-23,26H,2-4,6-9,11-13,16-18H2,1H3,(H,32,33,35,36)/t22?,23?,26-/m0/s1. The highest BCUT2D eigenvalue weighted by Gasteiger charge is 2.41. The number of carbonyl (C=O) groups is 1. The maximum atomic E-state index is 13.3. The molecular formula is C31H38N8O2. The van der Waals surface area contributed by atoms with Gasteiger partial charge in [0, 0.05) is 54.8 Å². The lowest BCUT2D eigenvalue weighted by atomic mass is 9.99. The number of likely N-dealkylation sites (N-methyl/N-ethyl adjacent to an activating group) is 1. The van der Waals surface area contributed by atoms with E-state index in [0.29, 0.717) is 37.0 Å². The van der Waals surface area contributed by atoms with Crippen LogP contribution in [0.1, 0.15) is 67.8 Å². The summed E-state index contributed by atoms with van der Waals surface area (Å²) < 4.78 is 5.47. The van der Waals surface area contributed by atoms with E-state index < -0.39 is 0 Å². The summed E-state index contributed by atoms with van der Waals surface area (Å²) in [6.45, 7) is 3.81. The Morgan fingerprint density at radius 3 is 2.59 bits per heavy atom. The van der Waals surface area contributed by atoms with E-state index in [1.54, 1.807) is 0 Å². The predicted molar refractivity (Wildman–Crippen MR) is 156 cm³/mol. The largest absolute Gasteiger partial charge is 0.380 e. The molecule has 41 heavy (non-hydrogen) atoms. The minimum atomic E-state index is 0.0116. The fourth-order valence-electron chi connectivity index (χ4n) is 7.54. The van der Waals surface area contributed by atoms with Gasteiger partial charge in [0.1, 0.15) is 11.3 Å². The average Bonchev–Trinajstić information content (AvgIpc) is 3.56. The molecule has 0 saturated carbocycles. The summed E-state index contributed by atoms with van der Waals surface area (Å²) in [5.74, 6) is 2.88. The lowest BCUT2D eigenvalue weighted by molar-refractivity contribution is -0.138. The number of ether oxygens (including phenoxy) is 1. The van der Waals surface area contributed by atoms with Crippen LogP contribution >= 0.6 is 0 Å². The van der Waals surface area contributed by atoms with Gasteiger partial charge in [0.05, 0.1) is 24.9 Å². The first-order valence-corrected chi connectivity index (χ1v) is 15.4. The van der Waals surface area contributed by atoms with Crippen molar-refractivity contribution in [1.82, 2.24) is 29.7 Å². The Balaban J connectivity index is 1.04. The molecule has 4 fully saturated rings. The quantitative estimate of drug-likeness (QED) is 0.505. The first-order valence-electron chi connectivity index (χ1n) is 15.4. The van der Waals surface area contributed by atoms with E-state index >= 15 is 0 Å². The number of fused-ring (bicyclic) bond motifs is 4. The van der Waals surface area contributed by atoms with E-state index in [4.69, 9.17) is 19.7 Å². The first-order chi connectivity index (χ1) is 20.1. The van der Waals surface area contributed by atoms with Gasteiger partial charge in [-0.05, 0) is 69.8 Å². The molecule has 1 N–H and O–H groups in total. The summed E-state index contributed by atoms with van der Waals surface area (Å²) in [5.41, 5.74) is 4.16. The monoisotopic (exact) mass is 554 g/mol. The second kappa shape index (κ2) is 10.2. The highest BCUT2D eigenvalue weighted by molar-refractivity contribution is 5.90. The Bertz CT molecular complexity index is 1470. The van der Waals surface area contributed by atoms with Gasteiger partial charge >= 0.3 is 0 Å². The van der Waals surface area contributed by atoms with Crippen molar-refractivity contribution in [2.75, 3.05) is 43.6 Å². The van der Waals surface area contributed by atoms with Gasteiger partial charge in [-0.25, -0.2) is 19.9 Å². The van der Waals surface area contributed by atoms with Gasteiger partial charge in [-0.15, -0.1) is 0 Å². The van der Waals surface area contributed by atoms with Gasteiger partial charge < -0.3 is 19.9 Å². The van der Waals surface area contributed by atoms with E-state index in [9.17, 15) is 4.79 Å². The number of hydrogen-bond acceptors (Lipinski definition) is 9. The number of nitrogens with one attached hydrogen (secondary N) is 1. The molecule has 2 bridgehead atoms. The summed E-state index contributed by atoms with van der Waals surface area (Å²) in [7, 11) is 2.07. The lowest BCUT2D eigenvalue weighted by Crippen LogP contribution is -2.50. The van der Waals surface area contributed by atoms with Crippen LogP contribution in [0.25, 0.3) is 10.9 Å². The molecule has 5 aliphatic heterocycles. The van der Waals surface area contributed by atoms with E-state index in [0.717, 1.165) is 78.5 Å². The maximum Gasteiger partial charge on any atom is 0.240 e. The van der Waals surface area contributed by atoms with E-state index in [-0.39, 0.29) is 11.9 Å². The van der Waals surface area contributed by atoms with Crippen molar-refractivity contribution in [3.63, 3.8) is 0 Å². The van der Waals surface area contributed by atoms with E-state index in [2.05, 4.69) is 39.3 Å². The summed E-state index contributed by atoms with van der Waals surface area (Å²) in [6.07, 6.45) is 10.9. The number of anilines is 3. The van der Waals surface area contributed by atoms with Gasteiger partial charge in [0.15, 0.2) is 5.82 Å². The van der Waals surface area contributed by atoms with Gasteiger partial charge in [-0.3, -0.25) is 9.69 Å². The van der Waals surface area contributed by atoms with Crippen LogP contribution in [-0.4, -0.2) is 87.1 Å². The second-order valence-corrected chi connectivity index (χ2v) is 12.5. The summed E-state index contributed by atoms with van der Waals surface area (Å²) in [6, 6.07) is 7.34. The third kappa shape index (κ3) is 4.52. The Labute approximate surface area is 240 Å². The molecule has 1 atom stereocenters. The molecule has 3 aromatic heterocycles. The lowest BCUT2D eigenvalue weighted by Gasteiger charge is -2.37. The highest BCUT2D eigenvalue weighted by atomic mass is 16.5. The van der Waals surface area contributed by atoms with Crippen LogP contribution in [0, 0.1) is 0 Å². The maximum absolute atomic E-state index is 13.3. The molecule has 0 spiro atoms. The van der Waals surface area contributed by atoms with Crippen molar-refractivity contribution in [3.8, 4) is 0 Å². The van der Waals surface area contributed by atoms with Crippen LogP contribution in [0.3, 0.4) is 0 Å². The number of aromatic nitrogens is 4. The van der Waals surface area contributed by atoms with Gasteiger partial charge in [-0.1, -0.05) is 12.5 Å². The van der Waals surface area contributed by atoms with Crippen LogP contribution in [0.4, 0.5) is 17.6 Å². The van der Waals surface area contributed by atoms with Gasteiger partial charge in [0.25, 0.3) is 0 Å². The fraction of sp³-hybridized carbons (Fsp3) is 0.581. The number of likely N-dealkylation sites (tertiary alicyclic amines) is 1. The Kier molecular flexibility index (Phi) is 6.29. The number of hydrogen-bond donors (Lipinski definition) is 1. The molecule has 0 aromatic carbocycles. The molecule has 5 aliphatic rings. The SMILES string of the molecule is CN1CCCC[C@H]1C(=O)N1CCc2nc(Nc3ncc4cc(C5COC5)nc(N5C6CCC5CC6)c4n3)ccc2C1. The smallest absolute Gasteiger partial charge is 0.240 e. The zero-order valence-electron chi connectivity index (χ0n) is 23.8. The molecule has 10 nitrogen and oxygen atoms in total. The number of piperidine rings is 1. The third-order valence-corrected chi connectivity index (χ3v) is 9.98. The number of carbonyl (C=O) groups excluding carboxylic acids is 1. The second-order valence-electron chi connectivity index (χ2n) is 12.5. The highest BCUT2D eigenvalue weighted by Crippen LogP contribution is 2.43. The predicted octanol–water partition coefficient (Wildman–Crippen LogP) is 3.78. The molecule has 8 rings (SSSR count). The molecule has 0 radical (unpaired) electrons. The Morgan fingerprint density at radius 2 is 1.83 bits per heavy atom. The number of pyridine rings is 2. The molecule has 214 valence electrons. The third-order valence-electron chi connectivity index (χ3n) is 9.98. The van der Waals surface area contributed by atoms with E-state index in [1.807, 2.05) is 17.2 Å². The summed E-state index contributed by atoms with van der Waals surface area (Å²) in [4.78, 5) is 39.8. The van der Waals surface area contributed by atoms with Crippen LogP contribution in [0.2, 0.25) is 0 Å². The Hall–Kier alpha value is -3.37. The zero-order valence-corrected chi connectivity index (χ0v) is 23.8. The van der Waals surface area contributed by atoms with Crippen LogP contribution in [0.5, 0.6) is 0 Å². The molecule has 3 aromatic rings. The Morgan fingerprint density at radius 1 is 1.00 bits per heavy atom. The van der Waals surface area contributed by atoms with Crippen molar-refractivity contribution in [3.05, 3.63) is 41.3 Å². The topological polar surface area (TPSA) is 99.6 Å². The average molecular weight is 555 g/mol. The molecular weight excluding hydrogens is 516 g/mol. The van der Waals surface area contributed by atoms with Crippen molar-refractivity contribution >= 4 is 34.4 Å².